The second-order valence-corrected chi connectivity index (χ2v) is 7.72. The molecule has 1 aromatic carbocycles. The van der Waals surface area contributed by atoms with Crippen molar-refractivity contribution >= 4 is 15.9 Å². The summed E-state index contributed by atoms with van der Waals surface area (Å²) in [6, 6.07) is 3.56. The highest BCUT2D eigenvalue weighted by molar-refractivity contribution is 7.89. The summed E-state index contributed by atoms with van der Waals surface area (Å²) in [5.41, 5.74) is 2.75. The molecule has 1 fully saturated rings. The minimum Gasteiger partial charge on any atom is -0.314 e. The lowest BCUT2D eigenvalue weighted by atomic mass is 10.1. The Kier molecular flexibility index (Phi) is 6.27. The van der Waals surface area contributed by atoms with Crippen LogP contribution in [0.4, 0.5) is 4.39 Å². The number of hydrogen-bond acceptors (Lipinski definition) is 5. The first-order valence-corrected chi connectivity index (χ1v) is 9.32. The van der Waals surface area contributed by atoms with Gasteiger partial charge in [-0.05, 0) is 30.2 Å². The molecule has 0 saturated carbocycles. The zero-order valence-corrected chi connectivity index (χ0v) is 14.6. The third-order valence-electron chi connectivity index (χ3n) is 3.74. The summed E-state index contributed by atoms with van der Waals surface area (Å²) < 4.78 is 40.2. The second-order valence-electron chi connectivity index (χ2n) is 6.01. The van der Waals surface area contributed by atoms with E-state index < -0.39 is 27.8 Å². The van der Waals surface area contributed by atoms with Crippen LogP contribution in [-0.2, 0) is 14.8 Å². The SMILES string of the molecule is CC(C)[C@H](NS(=O)(=O)c1ccc(F)cc1)C(=O)NN1CCNCC1. The van der Waals surface area contributed by atoms with Crippen LogP contribution >= 0.6 is 0 Å². The Hall–Kier alpha value is -1.55. The molecule has 0 spiro atoms. The fourth-order valence-electron chi connectivity index (χ4n) is 2.34. The quantitative estimate of drug-likeness (QED) is 0.669. The first-order chi connectivity index (χ1) is 11.3. The van der Waals surface area contributed by atoms with Gasteiger partial charge < -0.3 is 5.32 Å². The summed E-state index contributed by atoms with van der Waals surface area (Å²) in [4.78, 5) is 12.4. The van der Waals surface area contributed by atoms with Gasteiger partial charge in [-0.3, -0.25) is 10.2 Å². The van der Waals surface area contributed by atoms with Crippen LogP contribution in [0.3, 0.4) is 0 Å². The Morgan fingerprint density at radius 2 is 1.79 bits per heavy atom. The molecule has 0 unspecified atom stereocenters. The van der Waals surface area contributed by atoms with E-state index in [9.17, 15) is 17.6 Å². The maximum Gasteiger partial charge on any atom is 0.252 e. The summed E-state index contributed by atoms with van der Waals surface area (Å²) in [5, 5.41) is 4.93. The lowest BCUT2D eigenvalue weighted by molar-refractivity contribution is -0.128. The molecule has 3 N–H and O–H groups in total. The van der Waals surface area contributed by atoms with E-state index in [4.69, 9.17) is 0 Å². The number of rotatable bonds is 6. The number of amides is 1. The van der Waals surface area contributed by atoms with Crippen LogP contribution in [0.15, 0.2) is 29.2 Å². The Balaban J connectivity index is 2.09. The van der Waals surface area contributed by atoms with E-state index in [0.29, 0.717) is 13.1 Å². The van der Waals surface area contributed by atoms with Crippen LogP contribution in [0, 0.1) is 11.7 Å². The number of carbonyl (C=O) groups is 1. The van der Waals surface area contributed by atoms with Crippen molar-refractivity contribution in [1.82, 2.24) is 20.5 Å². The zero-order chi connectivity index (χ0) is 17.7. The van der Waals surface area contributed by atoms with Crippen LogP contribution < -0.4 is 15.5 Å². The monoisotopic (exact) mass is 358 g/mol. The van der Waals surface area contributed by atoms with Crippen LogP contribution in [-0.4, -0.2) is 51.6 Å². The van der Waals surface area contributed by atoms with Crippen LogP contribution in [0.2, 0.25) is 0 Å². The molecule has 1 heterocycles. The smallest absolute Gasteiger partial charge is 0.252 e. The highest BCUT2D eigenvalue weighted by atomic mass is 32.2. The number of benzene rings is 1. The summed E-state index contributed by atoms with van der Waals surface area (Å²) in [6.45, 7) is 6.34. The number of piperazine rings is 1. The van der Waals surface area contributed by atoms with Gasteiger partial charge in [-0.2, -0.15) is 4.72 Å². The lowest BCUT2D eigenvalue weighted by Crippen LogP contribution is -2.58. The Bertz CT molecular complexity index is 658. The number of hydrazine groups is 1. The molecule has 1 aliphatic heterocycles. The molecular formula is C15H23FN4O3S. The van der Waals surface area contributed by atoms with Crippen molar-refractivity contribution in [2.45, 2.75) is 24.8 Å². The highest BCUT2D eigenvalue weighted by Gasteiger charge is 2.29. The summed E-state index contributed by atoms with van der Waals surface area (Å²) >= 11 is 0. The van der Waals surface area contributed by atoms with Gasteiger partial charge in [-0.25, -0.2) is 17.8 Å². The summed E-state index contributed by atoms with van der Waals surface area (Å²) in [6.07, 6.45) is 0. The van der Waals surface area contributed by atoms with Crippen LogP contribution in [0.5, 0.6) is 0 Å². The number of hydrogen-bond donors (Lipinski definition) is 3. The average molecular weight is 358 g/mol. The average Bonchev–Trinajstić information content (AvgIpc) is 2.53. The normalized spacial score (nSPS) is 17.7. The maximum atomic E-state index is 13.0. The topological polar surface area (TPSA) is 90.5 Å². The van der Waals surface area contributed by atoms with Gasteiger partial charge in [0.05, 0.1) is 4.90 Å². The van der Waals surface area contributed by atoms with Gasteiger partial charge in [0.2, 0.25) is 10.0 Å². The summed E-state index contributed by atoms with van der Waals surface area (Å²) in [5.74, 6) is -1.17. The second kappa shape index (κ2) is 8.02. The third-order valence-corrected chi connectivity index (χ3v) is 5.20. The van der Waals surface area contributed by atoms with Gasteiger partial charge in [0, 0.05) is 26.2 Å². The van der Waals surface area contributed by atoms with Crippen molar-refractivity contribution in [1.29, 1.82) is 0 Å². The van der Waals surface area contributed by atoms with Crippen molar-refractivity contribution in [2.75, 3.05) is 26.2 Å². The molecule has 0 aliphatic carbocycles. The molecule has 7 nitrogen and oxygen atoms in total. The van der Waals surface area contributed by atoms with Crippen molar-refractivity contribution in [3.8, 4) is 0 Å². The maximum absolute atomic E-state index is 13.0. The largest absolute Gasteiger partial charge is 0.314 e. The number of nitrogens with zero attached hydrogens (tertiary/aromatic N) is 1. The molecule has 0 bridgehead atoms. The molecule has 0 radical (unpaired) electrons. The van der Waals surface area contributed by atoms with E-state index in [0.717, 1.165) is 25.2 Å². The van der Waals surface area contributed by atoms with E-state index in [1.807, 2.05) is 0 Å². The summed E-state index contributed by atoms with van der Waals surface area (Å²) in [7, 11) is -3.92. The van der Waals surface area contributed by atoms with Crippen molar-refractivity contribution in [3.63, 3.8) is 0 Å². The van der Waals surface area contributed by atoms with E-state index in [1.165, 1.54) is 12.1 Å². The minimum atomic E-state index is -3.92. The molecule has 1 amide bonds. The molecule has 24 heavy (non-hydrogen) atoms. The van der Waals surface area contributed by atoms with Gasteiger partial charge in [-0.15, -0.1) is 0 Å². The fraction of sp³-hybridized carbons (Fsp3) is 0.533. The number of carbonyl (C=O) groups excluding carboxylic acids is 1. The minimum absolute atomic E-state index is 0.0791. The van der Waals surface area contributed by atoms with E-state index >= 15 is 0 Å². The standard InChI is InChI=1S/C15H23FN4O3S/c1-11(2)14(15(21)18-20-9-7-17-8-10-20)19-24(22,23)13-5-3-12(16)4-6-13/h3-6,11,14,17,19H,7-10H2,1-2H3,(H,18,21)/t14-/m0/s1. The number of nitrogens with one attached hydrogen (secondary N) is 3. The molecule has 1 atom stereocenters. The Morgan fingerprint density at radius 1 is 1.21 bits per heavy atom. The molecule has 1 aliphatic rings. The zero-order valence-electron chi connectivity index (χ0n) is 13.8. The van der Waals surface area contributed by atoms with Crippen LogP contribution in [0.25, 0.3) is 0 Å². The van der Waals surface area contributed by atoms with Gasteiger partial charge in [0.15, 0.2) is 0 Å². The number of halogens is 1. The molecular weight excluding hydrogens is 335 g/mol. The predicted octanol–water partition coefficient (Wildman–Crippen LogP) is 0.0650. The molecule has 2 rings (SSSR count). The molecule has 1 aromatic rings. The fourth-order valence-corrected chi connectivity index (χ4v) is 3.69. The van der Waals surface area contributed by atoms with E-state index in [-0.39, 0.29) is 10.8 Å². The molecule has 134 valence electrons. The van der Waals surface area contributed by atoms with Crippen molar-refractivity contribution in [3.05, 3.63) is 30.1 Å². The first kappa shape index (κ1) is 18.8. The Morgan fingerprint density at radius 3 is 2.33 bits per heavy atom. The van der Waals surface area contributed by atoms with Crippen LogP contribution in [0.1, 0.15) is 13.8 Å². The Labute approximate surface area is 141 Å². The van der Waals surface area contributed by atoms with Crippen molar-refractivity contribution in [2.24, 2.45) is 5.92 Å². The molecule has 9 heteroatoms. The first-order valence-electron chi connectivity index (χ1n) is 7.83. The third kappa shape index (κ3) is 4.97. The van der Waals surface area contributed by atoms with Crippen molar-refractivity contribution < 1.29 is 17.6 Å². The van der Waals surface area contributed by atoms with Gasteiger partial charge in [0.1, 0.15) is 11.9 Å². The lowest BCUT2D eigenvalue weighted by Gasteiger charge is -2.30. The van der Waals surface area contributed by atoms with Gasteiger partial charge >= 0.3 is 0 Å². The van der Waals surface area contributed by atoms with E-state index in [2.05, 4.69) is 15.5 Å². The predicted molar refractivity (Wildman–Crippen MR) is 87.9 cm³/mol. The number of sulfonamides is 1. The molecule has 0 aromatic heterocycles. The van der Waals surface area contributed by atoms with Gasteiger partial charge in [0.25, 0.3) is 5.91 Å². The highest BCUT2D eigenvalue weighted by Crippen LogP contribution is 2.13. The molecule has 1 saturated heterocycles. The van der Waals surface area contributed by atoms with E-state index in [1.54, 1.807) is 18.9 Å². The van der Waals surface area contributed by atoms with Gasteiger partial charge in [-0.1, -0.05) is 13.8 Å².